The average Bonchev–Trinajstić information content (AvgIpc) is 3.89. The number of amides is 2. The first-order chi connectivity index (χ1) is 19.8. The molecular weight excluding hydrogens is 567 g/mol. The second kappa shape index (κ2) is 14.5. The Morgan fingerprint density at radius 3 is 2.33 bits per heavy atom. The van der Waals surface area contributed by atoms with Crippen LogP contribution in [0.5, 0.6) is 0 Å². The van der Waals surface area contributed by atoms with E-state index in [1.54, 1.807) is 12.1 Å². The van der Waals surface area contributed by atoms with Crippen LogP contribution in [-0.4, -0.2) is 57.4 Å². The molecule has 0 saturated heterocycles. The van der Waals surface area contributed by atoms with Crippen LogP contribution in [0.15, 0.2) is 22.8 Å². The molecular formula is C27H35F5N6O4. The highest BCUT2D eigenvalue weighted by Gasteiger charge is 2.47. The van der Waals surface area contributed by atoms with Crippen molar-refractivity contribution in [3.63, 3.8) is 0 Å². The van der Waals surface area contributed by atoms with E-state index >= 15 is 0 Å². The van der Waals surface area contributed by atoms with E-state index in [4.69, 9.17) is 4.63 Å². The lowest BCUT2D eigenvalue weighted by Crippen LogP contribution is -2.40. The fourth-order valence-corrected chi connectivity index (χ4v) is 3.17. The minimum Gasteiger partial charge on any atom is -0.369 e. The number of aromatic nitrogens is 4. The number of methoxy groups -OCH3 is 1. The molecule has 2 fully saturated rings. The Hall–Kier alpha value is -3.62. The number of benzene rings is 1. The summed E-state index contributed by atoms with van der Waals surface area (Å²) in [5.41, 5.74) is 1.02. The average molecular weight is 603 g/mol. The summed E-state index contributed by atoms with van der Waals surface area (Å²) in [7, 11) is 1.04. The van der Waals surface area contributed by atoms with Crippen molar-refractivity contribution in [3.05, 3.63) is 41.0 Å². The molecule has 0 aliphatic heterocycles. The van der Waals surface area contributed by atoms with Gasteiger partial charge in [0, 0.05) is 32.4 Å². The monoisotopic (exact) mass is 602 g/mol. The number of hydrogen-bond donors (Lipinski definition) is 3. The third-order valence-corrected chi connectivity index (χ3v) is 6.33. The van der Waals surface area contributed by atoms with Crippen LogP contribution in [0.25, 0.3) is 11.0 Å². The number of carbonyl (C=O) groups excluding carboxylic acids is 2. The van der Waals surface area contributed by atoms with E-state index < -0.39 is 30.5 Å². The van der Waals surface area contributed by atoms with Crippen LogP contribution >= 0.6 is 0 Å². The summed E-state index contributed by atoms with van der Waals surface area (Å²) in [6, 6.07) is 5.39. The Bertz CT molecular complexity index is 1320. The SMILES string of the molecule is C1CC1.COC(C)(C)C(F)(F)F.O=C(CCC(F)F)NCc1ccc2nc(CNC(=O)c3nonc3C3CC3)[nH]c2c1. The number of rotatable bonds is 10. The van der Waals surface area contributed by atoms with Crippen LogP contribution in [0.1, 0.15) is 92.3 Å². The summed E-state index contributed by atoms with van der Waals surface area (Å²) in [6.45, 7) is 2.36. The highest BCUT2D eigenvalue weighted by Crippen LogP contribution is 2.40. The highest BCUT2D eigenvalue weighted by atomic mass is 19.4. The van der Waals surface area contributed by atoms with Crippen molar-refractivity contribution in [2.75, 3.05) is 7.11 Å². The highest BCUT2D eigenvalue weighted by molar-refractivity contribution is 5.93. The fraction of sp³-hybridized carbons (Fsp3) is 0.593. The molecule has 2 saturated carbocycles. The molecule has 0 atom stereocenters. The van der Waals surface area contributed by atoms with Gasteiger partial charge in [0.15, 0.2) is 11.3 Å². The van der Waals surface area contributed by atoms with E-state index in [-0.39, 0.29) is 37.0 Å². The Balaban J connectivity index is 0.000000338. The maximum atomic E-state index is 12.3. The number of nitrogens with one attached hydrogen (secondary N) is 3. The van der Waals surface area contributed by atoms with E-state index in [0.717, 1.165) is 44.9 Å². The number of carbonyl (C=O) groups is 2. The number of ether oxygens (including phenoxy) is 1. The third kappa shape index (κ3) is 10.3. The first-order valence-electron chi connectivity index (χ1n) is 13.6. The van der Waals surface area contributed by atoms with Crippen molar-refractivity contribution in [1.82, 2.24) is 30.9 Å². The maximum Gasteiger partial charge on any atom is 0.416 e. The molecule has 10 nitrogen and oxygen atoms in total. The number of hydrogen-bond acceptors (Lipinski definition) is 7. The van der Waals surface area contributed by atoms with Crippen LogP contribution < -0.4 is 10.6 Å². The fourth-order valence-electron chi connectivity index (χ4n) is 3.17. The molecule has 3 N–H and O–H groups in total. The minimum absolute atomic E-state index is 0.171. The van der Waals surface area contributed by atoms with E-state index in [1.807, 2.05) is 6.07 Å². The van der Waals surface area contributed by atoms with E-state index in [9.17, 15) is 31.5 Å². The Morgan fingerprint density at radius 1 is 1.10 bits per heavy atom. The van der Waals surface area contributed by atoms with Gasteiger partial charge in [-0.25, -0.2) is 18.4 Å². The summed E-state index contributed by atoms with van der Waals surface area (Å²) in [4.78, 5) is 31.5. The molecule has 0 unspecified atom stereocenters. The zero-order valence-corrected chi connectivity index (χ0v) is 23.6. The second-order valence-corrected chi connectivity index (χ2v) is 10.5. The quantitative estimate of drug-likeness (QED) is 0.259. The number of aromatic amines is 1. The lowest BCUT2D eigenvalue weighted by Gasteiger charge is -2.25. The first kappa shape index (κ1) is 32.9. The summed E-state index contributed by atoms with van der Waals surface area (Å²) in [5.74, 6) is 0.0144. The van der Waals surface area contributed by atoms with Crippen molar-refractivity contribution in [1.29, 1.82) is 0 Å². The molecule has 0 radical (unpaired) electrons. The number of alkyl halides is 5. The van der Waals surface area contributed by atoms with Crippen LogP contribution in [0.3, 0.4) is 0 Å². The number of fused-ring (bicyclic) bond motifs is 1. The molecule has 3 aromatic rings. The topological polar surface area (TPSA) is 135 Å². The van der Waals surface area contributed by atoms with Gasteiger partial charge in [-0.3, -0.25) is 9.59 Å². The van der Waals surface area contributed by atoms with Crippen molar-refractivity contribution >= 4 is 22.8 Å². The Labute approximate surface area is 239 Å². The third-order valence-electron chi connectivity index (χ3n) is 6.33. The van der Waals surface area contributed by atoms with E-state index in [0.29, 0.717) is 17.0 Å². The molecule has 2 amide bonds. The molecule has 2 aliphatic rings. The lowest BCUT2D eigenvalue weighted by atomic mass is 10.1. The van der Waals surface area contributed by atoms with Gasteiger partial charge >= 0.3 is 6.18 Å². The molecule has 2 heterocycles. The molecule has 2 aliphatic carbocycles. The van der Waals surface area contributed by atoms with Gasteiger partial charge in [0.1, 0.15) is 11.5 Å². The smallest absolute Gasteiger partial charge is 0.369 e. The summed E-state index contributed by atoms with van der Waals surface area (Å²) < 4.78 is 68.3. The van der Waals surface area contributed by atoms with Crippen LogP contribution in [0, 0.1) is 0 Å². The molecule has 15 heteroatoms. The van der Waals surface area contributed by atoms with Gasteiger partial charge in [0.25, 0.3) is 5.91 Å². The molecule has 5 rings (SSSR count). The number of halogens is 5. The summed E-state index contributed by atoms with van der Waals surface area (Å²) in [6.07, 6.45) is -0.969. The normalized spacial score (nSPS) is 14.5. The second-order valence-electron chi connectivity index (χ2n) is 10.5. The summed E-state index contributed by atoms with van der Waals surface area (Å²) in [5, 5.41) is 12.9. The zero-order chi connectivity index (χ0) is 30.9. The lowest BCUT2D eigenvalue weighted by molar-refractivity contribution is -0.255. The Morgan fingerprint density at radius 2 is 1.79 bits per heavy atom. The van der Waals surface area contributed by atoms with Gasteiger partial charge in [-0.15, -0.1) is 0 Å². The van der Waals surface area contributed by atoms with Crippen LogP contribution in [0.4, 0.5) is 22.0 Å². The number of H-pyrrole nitrogens is 1. The molecule has 42 heavy (non-hydrogen) atoms. The van der Waals surface area contributed by atoms with Crippen molar-refractivity contribution < 1.29 is 40.9 Å². The van der Waals surface area contributed by atoms with Crippen molar-refractivity contribution in [3.8, 4) is 0 Å². The van der Waals surface area contributed by atoms with Crippen LogP contribution in [-0.2, 0) is 22.6 Å². The van der Waals surface area contributed by atoms with E-state index in [2.05, 4.69) is 35.7 Å². The molecule has 1 aromatic carbocycles. The maximum absolute atomic E-state index is 12.3. The van der Waals surface area contributed by atoms with Gasteiger partial charge < -0.3 is 20.4 Å². The molecule has 2 aromatic heterocycles. The van der Waals surface area contributed by atoms with Crippen molar-refractivity contribution in [2.24, 2.45) is 0 Å². The van der Waals surface area contributed by atoms with Gasteiger partial charge in [-0.05, 0) is 49.5 Å². The Kier molecular flexibility index (Phi) is 11.4. The zero-order valence-electron chi connectivity index (χ0n) is 23.6. The predicted octanol–water partition coefficient (Wildman–Crippen LogP) is 5.56. The molecule has 232 valence electrons. The standard InChI is InChI=1S/C19H20F2N6O3.C5H9F3O.C3H6/c20-14(21)5-6-16(28)22-8-10-1-4-12-13(7-10)25-15(24-12)9-23-19(29)18-17(11-2-3-11)26-30-27-18;1-4(2,9-3)5(6,7)8;1-2-3-1/h1,4,7,11,14H,2-3,5-6,8-9H2,(H,22,28)(H,23,29)(H,24,25);1-3H3;1-3H2. The predicted molar refractivity (Wildman–Crippen MR) is 142 cm³/mol. The van der Waals surface area contributed by atoms with Gasteiger partial charge in [-0.2, -0.15) is 13.2 Å². The molecule has 0 spiro atoms. The van der Waals surface area contributed by atoms with E-state index in [1.165, 1.54) is 19.3 Å². The number of imidazole rings is 1. The largest absolute Gasteiger partial charge is 0.416 e. The number of nitrogens with zero attached hydrogens (tertiary/aromatic N) is 3. The van der Waals surface area contributed by atoms with Gasteiger partial charge in [0.05, 0.1) is 17.6 Å². The first-order valence-corrected chi connectivity index (χ1v) is 13.6. The minimum atomic E-state index is -4.28. The van der Waals surface area contributed by atoms with Crippen molar-refractivity contribution in [2.45, 2.75) is 96.0 Å². The van der Waals surface area contributed by atoms with Crippen LogP contribution in [0.2, 0.25) is 0 Å². The van der Waals surface area contributed by atoms with Gasteiger partial charge in [0.2, 0.25) is 12.3 Å². The summed E-state index contributed by atoms with van der Waals surface area (Å²) >= 11 is 0. The molecule has 0 bridgehead atoms. The van der Waals surface area contributed by atoms with Gasteiger partial charge in [-0.1, -0.05) is 30.5 Å².